The lowest BCUT2D eigenvalue weighted by Crippen LogP contribution is -2.14. The minimum absolute atomic E-state index is 0.624. The first-order valence-electron chi connectivity index (χ1n) is 6.52. The maximum atomic E-state index is 6.11. The molecule has 2 rings (SSSR count). The molecule has 0 aliphatic rings. The Morgan fingerprint density at radius 3 is 2.42 bits per heavy atom. The van der Waals surface area contributed by atoms with Gasteiger partial charge in [0.1, 0.15) is 11.5 Å². The van der Waals surface area contributed by atoms with E-state index >= 15 is 0 Å². The second-order valence-corrected chi connectivity index (χ2v) is 4.72. The van der Waals surface area contributed by atoms with Gasteiger partial charge in [-0.25, -0.2) is 0 Å². The number of hydrogen-bond acceptors (Lipinski definition) is 2. The van der Waals surface area contributed by atoms with E-state index in [0.717, 1.165) is 30.8 Å². The molecule has 0 bridgehead atoms. The van der Waals surface area contributed by atoms with Crippen LogP contribution in [-0.2, 0) is 6.54 Å². The topological polar surface area (TPSA) is 21.3 Å². The standard InChI is InChI=1S/C16H18ClNO/c1-2-11-18-12-13-7-3-5-9-15(13)19-16-10-6-4-8-14(16)17/h3-10,18H,2,11-12H2,1H3. The summed E-state index contributed by atoms with van der Waals surface area (Å²) in [6, 6.07) is 15.5. The number of halogens is 1. The largest absolute Gasteiger partial charge is 0.455 e. The van der Waals surface area contributed by atoms with Crippen molar-refractivity contribution in [1.82, 2.24) is 5.32 Å². The Hall–Kier alpha value is -1.51. The normalized spacial score (nSPS) is 10.4. The van der Waals surface area contributed by atoms with Crippen molar-refractivity contribution in [2.45, 2.75) is 19.9 Å². The molecule has 0 amide bonds. The van der Waals surface area contributed by atoms with Crippen molar-refractivity contribution in [1.29, 1.82) is 0 Å². The molecule has 0 aromatic heterocycles. The molecule has 0 heterocycles. The van der Waals surface area contributed by atoms with Gasteiger partial charge in [0.2, 0.25) is 0 Å². The van der Waals surface area contributed by atoms with Crippen LogP contribution in [0.3, 0.4) is 0 Å². The van der Waals surface area contributed by atoms with Gasteiger partial charge < -0.3 is 10.1 Å². The van der Waals surface area contributed by atoms with Crippen LogP contribution in [-0.4, -0.2) is 6.54 Å². The number of ether oxygens (including phenoxy) is 1. The van der Waals surface area contributed by atoms with Crippen LogP contribution in [0.1, 0.15) is 18.9 Å². The van der Waals surface area contributed by atoms with E-state index in [9.17, 15) is 0 Å². The quantitative estimate of drug-likeness (QED) is 0.776. The lowest BCUT2D eigenvalue weighted by atomic mass is 10.2. The average Bonchev–Trinajstić information content (AvgIpc) is 2.43. The molecule has 3 heteroatoms. The molecule has 1 N–H and O–H groups in total. The van der Waals surface area contributed by atoms with Crippen LogP contribution in [0, 0.1) is 0 Å². The van der Waals surface area contributed by atoms with E-state index in [4.69, 9.17) is 16.3 Å². The summed E-state index contributed by atoms with van der Waals surface area (Å²) >= 11 is 6.11. The number of para-hydroxylation sites is 2. The van der Waals surface area contributed by atoms with Gasteiger partial charge in [0, 0.05) is 12.1 Å². The second kappa shape index (κ2) is 7.17. The van der Waals surface area contributed by atoms with Gasteiger partial charge in [-0.1, -0.05) is 48.9 Å². The second-order valence-electron chi connectivity index (χ2n) is 4.32. The number of hydrogen-bond donors (Lipinski definition) is 1. The molecule has 0 saturated heterocycles. The SMILES string of the molecule is CCCNCc1ccccc1Oc1ccccc1Cl. The Morgan fingerprint density at radius 2 is 1.68 bits per heavy atom. The van der Waals surface area contributed by atoms with Crippen LogP contribution < -0.4 is 10.1 Å². The van der Waals surface area contributed by atoms with Gasteiger partial charge in [-0.15, -0.1) is 0 Å². The van der Waals surface area contributed by atoms with E-state index in [2.05, 4.69) is 18.3 Å². The highest BCUT2D eigenvalue weighted by molar-refractivity contribution is 6.32. The predicted octanol–water partition coefficient (Wildman–Crippen LogP) is 4.63. The van der Waals surface area contributed by atoms with Crippen molar-refractivity contribution in [2.24, 2.45) is 0 Å². The highest BCUT2D eigenvalue weighted by Gasteiger charge is 2.06. The van der Waals surface area contributed by atoms with Gasteiger partial charge in [-0.05, 0) is 31.2 Å². The van der Waals surface area contributed by atoms with Crippen molar-refractivity contribution in [3.8, 4) is 11.5 Å². The van der Waals surface area contributed by atoms with Gasteiger partial charge in [-0.3, -0.25) is 0 Å². The van der Waals surface area contributed by atoms with Crippen molar-refractivity contribution < 1.29 is 4.74 Å². The molecule has 0 aliphatic carbocycles. The van der Waals surface area contributed by atoms with Gasteiger partial charge >= 0.3 is 0 Å². The van der Waals surface area contributed by atoms with Crippen molar-refractivity contribution in [3.05, 3.63) is 59.1 Å². The summed E-state index contributed by atoms with van der Waals surface area (Å²) in [5, 5.41) is 4.00. The molecule has 0 spiro atoms. The Labute approximate surface area is 119 Å². The van der Waals surface area contributed by atoms with Crippen molar-refractivity contribution >= 4 is 11.6 Å². The predicted molar refractivity (Wildman–Crippen MR) is 80.0 cm³/mol. The van der Waals surface area contributed by atoms with Gasteiger partial charge in [0.25, 0.3) is 0 Å². The Morgan fingerprint density at radius 1 is 1.00 bits per heavy atom. The van der Waals surface area contributed by atoms with E-state index in [1.165, 1.54) is 0 Å². The van der Waals surface area contributed by atoms with Crippen LogP contribution in [0.5, 0.6) is 11.5 Å². The summed E-state index contributed by atoms with van der Waals surface area (Å²) in [6.07, 6.45) is 1.12. The molecular weight excluding hydrogens is 258 g/mol. The van der Waals surface area contributed by atoms with E-state index in [1.54, 1.807) is 0 Å². The van der Waals surface area contributed by atoms with Crippen LogP contribution in [0.2, 0.25) is 5.02 Å². The third-order valence-electron chi connectivity index (χ3n) is 2.77. The highest BCUT2D eigenvalue weighted by atomic mass is 35.5. The fraction of sp³-hybridized carbons (Fsp3) is 0.250. The maximum absolute atomic E-state index is 6.11. The zero-order valence-electron chi connectivity index (χ0n) is 11.0. The number of benzene rings is 2. The summed E-state index contributed by atoms with van der Waals surface area (Å²) in [5.41, 5.74) is 1.14. The molecule has 2 nitrogen and oxygen atoms in total. The first kappa shape index (κ1) is 13.9. The van der Waals surface area contributed by atoms with Gasteiger partial charge in [0.05, 0.1) is 5.02 Å². The average molecular weight is 276 g/mol. The van der Waals surface area contributed by atoms with Gasteiger partial charge in [0.15, 0.2) is 0 Å². The Bertz CT molecular complexity index is 528. The first-order chi connectivity index (χ1) is 9.31. The fourth-order valence-corrected chi connectivity index (χ4v) is 1.97. The summed E-state index contributed by atoms with van der Waals surface area (Å²) in [4.78, 5) is 0. The molecule has 100 valence electrons. The molecule has 0 unspecified atom stereocenters. The Kier molecular flexibility index (Phi) is 5.25. The van der Waals surface area contributed by atoms with Crippen LogP contribution >= 0.6 is 11.6 Å². The van der Waals surface area contributed by atoms with Crippen molar-refractivity contribution in [3.63, 3.8) is 0 Å². The smallest absolute Gasteiger partial charge is 0.146 e. The molecule has 0 aliphatic heterocycles. The molecule has 19 heavy (non-hydrogen) atoms. The summed E-state index contributed by atoms with van der Waals surface area (Å²) in [7, 11) is 0. The molecule has 0 saturated carbocycles. The maximum Gasteiger partial charge on any atom is 0.146 e. The van der Waals surface area contributed by atoms with Crippen LogP contribution in [0.15, 0.2) is 48.5 Å². The van der Waals surface area contributed by atoms with E-state index in [0.29, 0.717) is 10.8 Å². The number of rotatable bonds is 6. The fourth-order valence-electron chi connectivity index (χ4n) is 1.80. The number of nitrogens with one attached hydrogen (secondary N) is 1. The third kappa shape index (κ3) is 3.98. The summed E-state index contributed by atoms with van der Waals surface area (Å²) < 4.78 is 5.90. The molecule has 2 aromatic carbocycles. The molecule has 0 atom stereocenters. The van der Waals surface area contributed by atoms with E-state index < -0.39 is 0 Å². The van der Waals surface area contributed by atoms with E-state index in [1.807, 2.05) is 42.5 Å². The minimum atomic E-state index is 0.624. The summed E-state index contributed by atoms with van der Waals surface area (Å²) in [6.45, 7) is 3.95. The monoisotopic (exact) mass is 275 g/mol. The van der Waals surface area contributed by atoms with Gasteiger partial charge in [-0.2, -0.15) is 0 Å². The zero-order valence-corrected chi connectivity index (χ0v) is 11.8. The zero-order chi connectivity index (χ0) is 13.5. The lowest BCUT2D eigenvalue weighted by molar-refractivity contribution is 0.473. The third-order valence-corrected chi connectivity index (χ3v) is 3.08. The molecule has 2 aromatic rings. The summed E-state index contributed by atoms with van der Waals surface area (Å²) in [5.74, 6) is 1.53. The first-order valence-corrected chi connectivity index (χ1v) is 6.90. The molecular formula is C16H18ClNO. The Balaban J connectivity index is 2.13. The van der Waals surface area contributed by atoms with Crippen molar-refractivity contribution in [2.75, 3.05) is 6.54 Å². The minimum Gasteiger partial charge on any atom is -0.455 e. The van der Waals surface area contributed by atoms with Crippen LogP contribution in [0.25, 0.3) is 0 Å². The highest BCUT2D eigenvalue weighted by Crippen LogP contribution is 2.30. The molecule has 0 fully saturated rings. The van der Waals surface area contributed by atoms with E-state index in [-0.39, 0.29) is 0 Å². The molecule has 0 radical (unpaired) electrons. The van der Waals surface area contributed by atoms with Crippen LogP contribution in [0.4, 0.5) is 0 Å². The lowest BCUT2D eigenvalue weighted by Gasteiger charge is -2.12.